The molecule has 18 heavy (non-hydrogen) atoms. The molecule has 1 nitrogen and oxygen atoms in total. The van der Waals surface area contributed by atoms with Crippen LogP contribution >= 0.6 is 23.1 Å². The van der Waals surface area contributed by atoms with Gasteiger partial charge in [0, 0.05) is 34.3 Å². The lowest BCUT2D eigenvalue weighted by Gasteiger charge is -2.03. The number of thioether (sulfide) groups is 1. The summed E-state index contributed by atoms with van der Waals surface area (Å²) in [5.41, 5.74) is 1.41. The third-order valence-electron chi connectivity index (χ3n) is 2.63. The molecule has 0 radical (unpaired) electrons. The maximum Gasteiger partial charge on any atom is 0.0300 e. The Bertz CT molecular complexity index is 451. The summed E-state index contributed by atoms with van der Waals surface area (Å²) in [6.45, 7) is 4.24. The van der Waals surface area contributed by atoms with Gasteiger partial charge in [-0.2, -0.15) is 11.8 Å². The average Bonchev–Trinajstić information content (AvgIpc) is 2.81. The fourth-order valence-corrected chi connectivity index (χ4v) is 3.42. The van der Waals surface area contributed by atoms with Crippen LogP contribution in [0.2, 0.25) is 0 Å². The van der Waals surface area contributed by atoms with Crippen molar-refractivity contribution in [2.75, 3.05) is 12.3 Å². The number of benzene rings is 1. The molecule has 0 aliphatic rings. The van der Waals surface area contributed by atoms with Gasteiger partial charge in [-0.15, -0.1) is 11.3 Å². The normalized spacial score (nSPS) is 10.7. The molecule has 0 unspecified atom stereocenters. The van der Waals surface area contributed by atoms with Gasteiger partial charge in [-0.1, -0.05) is 30.3 Å². The molecule has 0 amide bonds. The van der Waals surface area contributed by atoms with Gasteiger partial charge < -0.3 is 5.32 Å². The Morgan fingerprint density at radius 2 is 1.94 bits per heavy atom. The summed E-state index contributed by atoms with van der Waals surface area (Å²) in [4.78, 5) is 2.82. The topological polar surface area (TPSA) is 12.0 Å². The van der Waals surface area contributed by atoms with Crippen molar-refractivity contribution in [3.8, 4) is 0 Å². The zero-order chi connectivity index (χ0) is 12.6. The standard InChI is InChI=1S/C15H19NS2/c1-13-7-8-15(18-13)11-16-9-10-17-12-14-5-3-2-4-6-14/h2-8,16H,9-12H2,1H3. The second kappa shape index (κ2) is 7.62. The van der Waals surface area contributed by atoms with Gasteiger partial charge in [0.05, 0.1) is 0 Å². The van der Waals surface area contributed by atoms with Crippen LogP contribution in [0.3, 0.4) is 0 Å². The second-order valence-corrected chi connectivity index (χ2v) is 6.70. The molecule has 0 aliphatic heterocycles. The van der Waals surface area contributed by atoms with Crippen LogP contribution < -0.4 is 5.32 Å². The van der Waals surface area contributed by atoms with Crippen molar-refractivity contribution < 1.29 is 0 Å². The lowest BCUT2D eigenvalue weighted by Crippen LogP contribution is -2.15. The zero-order valence-electron chi connectivity index (χ0n) is 10.7. The molecule has 96 valence electrons. The monoisotopic (exact) mass is 277 g/mol. The van der Waals surface area contributed by atoms with Crippen LogP contribution in [0.25, 0.3) is 0 Å². The van der Waals surface area contributed by atoms with Crippen molar-refractivity contribution in [3.05, 3.63) is 57.8 Å². The molecule has 1 aromatic heterocycles. The average molecular weight is 277 g/mol. The van der Waals surface area contributed by atoms with Gasteiger partial charge in [-0.25, -0.2) is 0 Å². The predicted molar refractivity (Wildman–Crippen MR) is 83.4 cm³/mol. The van der Waals surface area contributed by atoms with Gasteiger partial charge in [0.25, 0.3) is 0 Å². The van der Waals surface area contributed by atoms with Crippen LogP contribution in [-0.4, -0.2) is 12.3 Å². The van der Waals surface area contributed by atoms with Gasteiger partial charge in [0.15, 0.2) is 0 Å². The summed E-state index contributed by atoms with van der Waals surface area (Å²) in [5, 5.41) is 3.49. The Morgan fingerprint density at radius 1 is 1.11 bits per heavy atom. The highest BCUT2D eigenvalue weighted by Crippen LogP contribution is 2.14. The molecule has 2 aromatic rings. The Morgan fingerprint density at radius 3 is 2.67 bits per heavy atom. The molecular formula is C15H19NS2. The molecule has 0 spiro atoms. The molecule has 0 fully saturated rings. The number of hydrogen-bond acceptors (Lipinski definition) is 3. The first kappa shape index (κ1) is 13.7. The largest absolute Gasteiger partial charge is 0.311 e. The third kappa shape index (κ3) is 4.84. The quantitative estimate of drug-likeness (QED) is 0.765. The minimum absolute atomic E-state index is 1.00. The molecule has 0 saturated heterocycles. The van der Waals surface area contributed by atoms with E-state index in [4.69, 9.17) is 0 Å². The van der Waals surface area contributed by atoms with E-state index in [1.165, 1.54) is 21.1 Å². The van der Waals surface area contributed by atoms with Gasteiger partial charge in [0.2, 0.25) is 0 Å². The molecule has 0 aliphatic carbocycles. The van der Waals surface area contributed by atoms with Crippen molar-refractivity contribution in [1.82, 2.24) is 5.32 Å². The first-order chi connectivity index (χ1) is 8.84. The fraction of sp³-hybridized carbons (Fsp3) is 0.333. The minimum Gasteiger partial charge on any atom is -0.311 e. The van der Waals surface area contributed by atoms with Crippen molar-refractivity contribution in [1.29, 1.82) is 0 Å². The number of rotatable bonds is 7. The first-order valence-electron chi connectivity index (χ1n) is 6.22. The Hall–Kier alpha value is -0.770. The highest BCUT2D eigenvalue weighted by atomic mass is 32.2. The van der Waals surface area contributed by atoms with E-state index in [-0.39, 0.29) is 0 Å². The third-order valence-corrected chi connectivity index (χ3v) is 4.66. The molecule has 0 bridgehead atoms. The van der Waals surface area contributed by atoms with Crippen molar-refractivity contribution in [2.45, 2.75) is 19.2 Å². The second-order valence-electron chi connectivity index (χ2n) is 4.23. The summed E-state index contributed by atoms with van der Waals surface area (Å²) < 4.78 is 0. The van der Waals surface area contributed by atoms with Crippen LogP contribution in [0, 0.1) is 6.92 Å². The van der Waals surface area contributed by atoms with Gasteiger partial charge in [0.1, 0.15) is 0 Å². The summed E-state index contributed by atoms with van der Waals surface area (Å²) in [5.74, 6) is 2.28. The zero-order valence-corrected chi connectivity index (χ0v) is 12.3. The number of hydrogen-bond donors (Lipinski definition) is 1. The molecule has 1 heterocycles. The number of thiophene rings is 1. The molecular weight excluding hydrogens is 258 g/mol. The Balaban J connectivity index is 1.54. The lowest BCUT2D eigenvalue weighted by atomic mass is 10.2. The summed E-state index contributed by atoms with van der Waals surface area (Å²) >= 11 is 3.87. The summed E-state index contributed by atoms with van der Waals surface area (Å²) in [6, 6.07) is 15.1. The van der Waals surface area contributed by atoms with Gasteiger partial charge in [-0.05, 0) is 24.6 Å². The Kier molecular flexibility index (Phi) is 5.78. The lowest BCUT2D eigenvalue weighted by molar-refractivity contribution is 0.741. The SMILES string of the molecule is Cc1ccc(CNCCSCc2ccccc2)s1. The Labute approximate surface area is 118 Å². The smallest absolute Gasteiger partial charge is 0.0300 e. The highest BCUT2D eigenvalue weighted by molar-refractivity contribution is 7.98. The molecule has 0 atom stereocenters. The van der Waals surface area contributed by atoms with Crippen molar-refractivity contribution >= 4 is 23.1 Å². The molecule has 0 saturated carbocycles. The van der Waals surface area contributed by atoms with E-state index in [1.54, 1.807) is 0 Å². The summed E-state index contributed by atoms with van der Waals surface area (Å²) in [7, 11) is 0. The van der Waals surface area contributed by atoms with Crippen molar-refractivity contribution in [2.24, 2.45) is 0 Å². The van der Waals surface area contributed by atoms with Gasteiger partial charge in [-0.3, -0.25) is 0 Å². The van der Waals surface area contributed by atoms with E-state index < -0.39 is 0 Å². The van der Waals surface area contributed by atoms with E-state index in [2.05, 4.69) is 54.7 Å². The van der Waals surface area contributed by atoms with E-state index in [0.717, 1.165) is 18.8 Å². The molecule has 3 heteroatoms. The van der Waals surface area contributed by atoms with Crippen LogP contribution in [0.15, 0.2) is 42.5 Å². The van der Waals surface area contributed by atoms with Crippen LogP contribution in [0.5, 0.6) is 0 Å². The molecule has 1 aromatic carbocycles. The van der Waals surface area contributed by atoms with Crippen molar-refractivity contribution in [3.63, 3.8) is 0 Å². The van der Waals surface area contributed by atoms with Crippen LogP contribution in [-0.2, 0) is 12.3 Å². The summed E-state index contributed by atoms with van der Waals surface area (Å²) in [6.07, 6.45) is 0. The predicted octanol–water partition coefficient (Wildman–Crippen LogP) is 4.08. The van der Waals surface area contributed by atoms with Crippen LogP contribution in [0.4, 0.5) is 0 Å². The van der Waals surface area contributed by atoms with E-state index in [0.29, 0.717) is 0 Å². The molecule has 2 rings (SSSR count). The number of aryl methyl sites for hydroxylation is 1. The van der Waals surface area contributed by atoms with E-state index >= 15 is 0 Å². The van der Waals surface area contributed by atoms with E-state index in [1.807, 2.05) is 23.1 Å². The molecule has 1 N–H and O–H groups in total. The maximum absolute atomic E-state index is 3.49. The highest BCUT2D eigenvalue weighted by Gasteiger charge is 1.96. The van der Waals surface area contributed by atoms with Gasteiger partial charge >= 0.3 is 0 Å². The van der Waals surface area contributed by atoms with Crippen LogP contribution in [0.1, 0.15) is 15.3 Å². The van der Waals surface area contributed by atoms with E-state index in [9.17, 15) is 0 Å². The first-order valence-corrected chi connectivity index (χ1v) is 8.19. The number of nitrogens with one attached hydrogen (secondary N) is 1. The minimum atomic E-state index is 1.00. The maximum atomic E-state index is 3.49. The fourth-order valence-electron chi connectivity index (χ4n) is 1.70.